The van der Waals surface area contributed by atoms with Gasteiger partial charge in [-0.15, -0.1) is 11.3 Å². The van der Waals surface area contributed by atoms with E-state index >= 15 is 0 Å². The third-order valence-corrected chi connectivity index (χ3v) is 4.41. The van der Waals surface area contributed by atoms with E-state index in [9.17, 15) is 4.79 Å². The van der Waals surface area contributed by atoms with E-state index in [2.05, 4.69) is 4.98 Å². The van der Waals surface area contributed by atoms with Gasteiger partial charge in [0.1, 0.15) is 0 Å². The zero-order valence-corrected chi connectivity index (χ0v) is 13.1. The summed E-state index contributed by atoms with van der Waals surface area (Å²) < 4.78 is 1.93. The second-order valence-electron chi connectivity index (χ2n) is 4.84. The largest absolute Gasteiger partial charge is 0.341 e. The van der Waals surface area contributed by atoms with Crippen molar-refractivity contribution in [3.8, 4) is 0 Å². The molecular weight excluding hydrogens is 306 g/mol. The number of fused-ring (bicyclic) bond motifs is 1. The van der Waals surface area contributed by atoms with Crippen LogP contribution in [0, 0.1) is 0 Å². The zero-order chi connectivity index (χ0) is 14.8. The maximum Gasteiger partial charge on any atom is 0.228 e. The maximum absolute atomic E-state index is 12.3. The van der Waals surface area contributed by atoms with Crippen molar-refractivity contribution < 1.29 is 4.79 Å². The number of halogens is 1. The molecule has 4 nitrogen and oxygen atoms in total. The van der Waals surface area contributed by atoms with Crippen LogP contribution >= 0.6 is 22.9 Å². The van der Waals surface area contributed by atoms with E-state index in [0.29, 0.717) is 18.0 Å². The molecule has 6 heteroatoms. The minimum Gasteiger partial charge on any atom is -0.341 e. The van der Waals surface area contributed by atoms with Crippen LogP contribution in [-0.2, 0) is 17.8 Å². The first kappa shape index (κ1) is 14.1. The van der Waals surface area contributed by atoms with Crippen LogP contribution in [0.15, 0.2) is 42.0 Å². The average Bonchev–Trinajstić information content (AvgIpc) is 3.02. The third kappa shape index (κ3) is 3.09. The van der Waals surface area contributed by atoms with Crippen molar-refractivity contribution in [2.75, 3.05) is 7.05 Å². The first-order valence-electron chi connectivity index (χ1n) is 6.52. The van der Waals surface area contributed by atoms with Gasteiger partial charge in [0, 0.05) is 36.4 Å². The summed E-state index contributed by atoms with van der Waals surface area (Å²) in [4.78, 5) is 19.3. The first-order chi connectivity index (χ1) is 10.1. The molecule has 0 N–H and O–H groups in total. The van der Waals surface area contributed by atoms with Gasteiger partial charge in [0.25, 0.3) is 0 Å². The number of hydrogen-bond donors (Lipinski definition) is 0. The number of aromatic nitrogens is 2. The monoisotopic (exact) mass is 319 g/mol. The molecule has 108 valence electrons. The number of benzene rings is 1. The summed E-state index contributed by atoms with van der Waals surface area (Å²) in [6, 6.07) is 7.56. The molecular formula is C15H14ClN3OS. The summed E-state index contributed by atoms with van der Waals surface area (Å²) in [7, 11) is 1.78. The van der Waals surface area contributed by atoms with Crippen LogP contribution in [0.1, 0.15) is 11.3 Å². The van der Waals surface area contributed by atoms with Crippen LogP contribution in [-0.4, -0.2) is 27.2 Å². The Labute approximate surface area is 131 Å². The molecule has 2 aromatic heterocycles. The molecule has 0 radical (unpaired) electrons. The zero-order valence-electron chi connectivity index (χ0n) is 11.5. The van der Waals surface area contributed by atoms with Crippen LogP contribution < -0.4 is 0 Å². The number of likely N-dealkylation sites (N-methyl/N-ethyl adjacent to an activating group) is 1. The Hall–Kier alpha value is -1.85. The lowest BCUT2D eigenvalue weighted by Gasteiger charge is -2.17. The highest BCUT2D eigenvalue weighted by Gasteiger charge is 2.14. The van der Waals surface area contributed by atoms with Gasteiger partial charge in [-0.1, -0.05) is 29.8 Å². The molecule has 2 heterocycles. The number of imidazole rings is 1. The number of nitrogens with zero attached hydrogens (tertiary/aromatic N) is 3. The average molecular weight is 320 g/mol. The number of carbonyl (C=O) groups excluding carboxylic acids is 1. The minimum atomic E-state index is 0.0284. The highest BCUT2D eigenvalue weighted by Crippen LogP contribution is 2.17. The van der Waals surface area contributed by atoms with Crippen molar-refractivity contribution >= 4 is 33.8 Å². The Balaban J connectivity index is 1.67. The Morgan fingerprint density at radius 3 is 3.00 bits per heavy atom. The molecule has 0 spiro atoms. The second-order valence-corrected chi connectivity index (χ2v) is 6.12. The number of thiazole rings is 1. The van der Waals surface area contributed by atoms with Crippen molar-refractivity contribution in [2.24, 2.45) is 0 Å². The van der Waals surface area contributed by atoms with E-state index in [1.54, 1.807) is 23.3 Å². The smallest absolute Gasteiger partial charge is 0.228 e. The van der Waals surface area contributed by atoms with E-state index in [4.69, 9.17) is 11.6 Å². The van der Waals surface area contributed by atoms with Crippen molar-refractivity contribution in [1.82, 2.24) is 14.3 Å². The molecule has 0 atom stereocenters. The van der Waals surface area contributed by atoms with Crippen LogP contribution in [0.2, 0.25) is 5.02 Å². The van der Waals surface area contributed by atoms with E-state index in [-0.39, 0.29) is 5.91 Å². The molecule has 3 rings (SSSR count). The Morgan fingerprint density at radius 1 is 1.43 bits per heavy atom. The lowest BCUT2D eigenvalue weighted by atomic mass is 10.2. The third-order valence-electron chi connectivity index (χ3n) is 3.27. The first-order valence-corrected chi connectivity index (χ1v) is 7.77. The Bertz CT molecular complexity index is 751. The summed E-state index contributed by atoms with van der Waals surface area (Å²) in [5.74, 6) is 0.0284. The normalized spacial score (nSPS) is 11.0. The van der Waals surface area contributed by atoms with Gasteiger partial charge in [0.15, 0.2) is 4.96 Å². The highest BCUT2D eigenvalue weighted by atomic mass is 35.5. The Morgan fingerprint density at radius 2 is 2.24 bits per heavy atom. The van der Waals surface area contributed by atoms with E-state index in [1.807, 2.05) is 46.4 Å². The molecule has 21 heavy (non-hydrogen) atoms. The van der Waals surface area contributed by atoms with Gasteiger partial charge < -0.3 is 4.90 Å². The van der Waals surface area contributed by atoms with Gasteiger partial charge in [0.2, 0.25) is 5.91 Å². The molecule has 1 amide bonds. The van der Waals surface area contributed by atoms with Gasteiger partial charge in [0.05, 0.1) is 12.1 Å². The number of rotatable bonds is 4. The van der Waals surface area contributed by atoms with Gasteiger partial charge in [-0.2, -0.15) is 0 Å². The van der Waals surface area contributed by atoms with Gasteiger partial charge in [-0.25, -0.2) is 4.98 Å². The van der Waals surface area contributed by atoms with Crippen molar-refractivity contribution in [1.29, 1.82) is 0 Å². The van der Waals surface area contributed by atoms with E-state index in [1.165, 1.54) is 0 Å². The molecule has 0 saturated carbocycles. The highest BCUT2D eigenvalue weighted by molar-refractivity contribution is 7.15. The predicted molar refractivity (Wildman–Crippen MR) is 84.7 cm³/mol. The number of carbonyl (C=O) groups is 1. The fourth-order valence-electron chi connectivity index (χ4n) is 2.12. The van der Waals surface area contributed by atoms with Crippen molar-refractivity contribution in [3.05, 3.63) is 58.3 Å². The fraction of sp³-hybridized carbons (Fsp3) is 0.200. The van der Waals surface area contributed by atoms with E-state index < -0.39 is 0 Å². The quantitative estimate of drug-likeness (QED) is 0.740. The summed E-state index contributed by atoms with van der Waals surface area (Å²) >= 11 is 7.68. The summed E-state index contributed by atoms with van der Waals surface area (Å²) in [6.45, 7) is 0.501. The van der Waals surface area contributed by atoms with Gasteiger partial charge in [-0.05, 0) is 11.6 Å². The van der Waals surface area contributed by atoms with Crippen LogP contribution in [0.4, 0.5) is 0 Å². The van der Waals surface area contributed by atoms with Gasteiger partial charge >= 0.3 is 0 Å². The van der Waals surface area contributed by atoms with Crippen molar-refractivity contribution in [3.63, 3.8) is 0 Å². The molecule has 0 saturated heterocycles. The summed E-state index contributed by atoms with van der Waals surface area (Å²) in [5, 5.41) is 2.65. The van der Waals surface area contributed by atoms with Crippen molar-refractivity contribution in [2.45, 2.75) is 13.0 Å². The standard InChI is InChI=1S/C15H14ClN3OS/c1-18(9-11-4-2-3-5-13(11)16)14(20)8-12-10-19-6-7-21-15(19)17-12/h2-7,10H,8-9H2,1H3. The molecule has 0 fully saturated rings. The SMILES string of the molecule is CN(Cc1ccccc1Cl)C(=O)Cc1cn2ccsc2n1. The second kappa shape index (κ2) is 5.87. The molecule has 0 unspecified atom stereocenters. The predicted octanol–water partition coefficient (Wildman–Crippen LogP) is 3.25. The fourth-order valence-corrected chi connectivity index (χ4v) is 3.04. The number of amides is 1. The van der Waals surface area contributed by atoms with Gasteiger partial charge in [-0.3, -0.25) is 9.20 Å². The molecule has 0 aliphatic rings. The lowest BCUT2D eigenvalue weighted by Crippen LogP contribution is -2.27. The Kier molecular flexibility index (Phi) is 3.94. The molecule has 0 bridgehead atoms. The topological polar surface area (TPSA) is 37.6 Å². The van der Waals surface area contributed by atoms with Crippen LogP contribution in [0.5, 0.6) is 0 Å². The maximum atomic E-state index is 12.3. The minimum absolute atomic E-state index is 0.0284. The summed E-state index contributed by atoms with van der Waals surface area (Å²) in [5.41, 5.74) is 1.73. The number of hydrogen-bond acceptors (Lipinski definition) is 3. The summed E-state index contributed by atoms with van der Waals surface area (Å²) in [6.07, 6.45) is 4.14. The van der Waals surface area contributed by atoms with E-state index in [0.717, 1.165) is 16.2 Å². The van der Waals surface area contributed by atoms with Crippen LogP contribution in [0.3, 0.4) is 0 Å². The molecule has 0 aliphatic carbocycles. The molecule has 0 aliphatic heterocycles. The van der Waals surface area contributed by atoms with Crippen LogP contribution in [0.25, 0.3) is 4.96 Å². The lowest BCUT2D eigenvalue weighted by molar-refractivity contribution is -0.129. The molecule has 1 aromatic carbocycles. The molecule has 3 aromatic rings.